The van der Waals surface area contributed by atoms with Crippen molar-refractivity contribution in [1.29, 1.82) is 10.5 Å². The Morgan fingerprint density at radius 1 is 0.728 bits per heavy atom. The summed E-state index contributed by atoms with van der Waals surface area (Å²) in [6.45, 7) is 24.1. The zero-order chi connectivity index (χ0) is 59.9. The van der Waals surface area contributed by atoms with Crippen LogP contribution in [0.5, 0.6) is 0 Å². The van der Waals surface area contributed by atoms with E-state index in [1.807, 2.05) is 110 Å². The van der Waals surface area contributed by atoms with Gasteiger partial charge in [-0.3, -0.25) is 9.59 Å². The molecule has 3 saturated carbocycles. The number of amides is 6. The van der Waals surface area contributed by atoms with Crippen molar-refractivity contribution in [2.24, 2.45) is 34.0 Å². The van der Waals surface area contributed by atoms with Gasteiger partial charge in [0, 0.05) is 38.3 Å². The van der Waals surface area contributed by atoms with E-state index in [9.17, 15) is 39.7 Å². The lowest BCUT2D eigenvalue weighted by Crippen LogP contribution is -2.65. The van der Waals surface area contributed by atoms with Gasteiger partial charge < -0.3 is 60.5 Å². The number of rotatable bonds is 16. The molecule has 18 nitrogen and oxygen atoms in total. The van der Waals surface area contributed by atoms with Crippen LogP contribution in [0.15, 0.2) is 84.0 Å². The Bertz CT molecular complexity index is 2540. The topological polar surface area (TPSA) is 270 Å². The second kappa shape index (κ2) is 29.5. The van der Waals surface area contributed by atoms with Gasteiger partial charge in [0.05, 0.1) is 23.6 Å². The van der Waals surface area contributed by atoms with Crippen LogP contribution in [0.4, 0.5) is 9.59 Å². The molecule has 3 heterocycles. The summed E-state index contributed by atoms with van der Waals surface area (Å²) in [5, 5.41) is 66.6. The molecule has 6 amide bonds. The Kier molecular flexibility index (Phi) is 24.1. The Balaban J connectivity index is 0.000000274. The number of allylic oxidation sites excluding steroid dienone is 2. The molecular formula is C60H91B3N8O10. The van der Waals surface area contributed by atoms with Crippen LogP contribution in [0.2, 0.25) is 6.32 Å². The van der Waals surface area contributed by atoms with E-state index in [4.69, 9.17) is 19.4 Å². The Labute approximate surface area is 483 Å². The van der Waals surface area contributed by atoms with Crippen LogP contribution < -0.4 is 21.3 Å². The molecule has 2 bridgehead atoms. The van der Waals surface area contributed by atoms with Gasteiger partial charge in [-0.1, -0.05) is 142 Å². The highest BCUT2D eigenvalue weighted by Crippen LogP contribution is 2.65. The number of nitrogens with zero attached hydrogens (tertiary/aromatic N) is 4. The Morgan fingerprint density at radius 2 is 1.20 bits per heavy atom. The van der Waals surface area contributed by atoms with Crippen LogP contribution in [0.25, 0.3) is 0 Å². The molecule has 6 aliphatic rings. The van der Waals surface area contributed by atoms with E-state index in [-0.39, 0.29) is 87.9 Å². The fourth-order valence-electron chi connectivity index (χ4n) is 12.0. The van der Waals surface area contributed by atoms with E-state index in [0.29, 0.717) is 50.1 Å². The summed E-state index contributed by atoms with van der Waals surface area (Å²) in [4.78, 5) is 55.5. The third kappa shape index (κ3) is 19.5. The number of benzene rings is 2. The van der Waals surface area contributed by atoms with Crippen molar-refractivity contribution in [3.05, 3.63) is 95.1 Å². The number of nitriles is 2. The lowest BCUT2D eigenvalue weighted by atomic mass is 9.43. The van der Waals surface area contributed by atoms with E-state index >= 15 is 0 Å². The van der Waals surface area contributed by atoms with E-state index in [1.165, 1.54) is 6.42 Å². The molecule has 8 atom stereocenters. The Hall–Kier alpha value is -5.67. The lowest BCUT2D eigenvalue weighted by Gasteiger charge is -2.64. The largest absolute Gasteiger partial charge is 0.482 e. The molecule has 0 radical (unpaired) electrons. The number of hydrogen-bond acceptors (Lipinski definition) is 12. The quantitative estimate of drug-likeness (QED) is 0.0483. The summed E-state index contributed by atoms with van der Waals surface area (Å²) in [7, 11) is -3.39. The van der Waals surface area contributed by atoms with Crippen LogP contribution in [-0.4, -0.2) is 137 Å². The molecule has 3 saturated heterocycles. The number of carbonyl (C=O) groups is 4. The fourth-order valence-corrected chi connectivity index (χ4v) is 12.0. The fraction of sp³-hybridized carbons (Fsp3) is 0.633. The first-order valence-corrected chi connectivity index (χ1v) is 29.1. The van der Waals surface area contributed by atoms with Gasteiger partial charge in [0.1, 0.15) is 23.3 Å². The summed E-state index contributed by atoms with van der Waals surface area (Å²) >= 11 is 0. The molecule has 2 aromatic rings. The average molecular weight is 1120 g/mol. The van der Waals surface area contributed by atoms with Gasteiger partial charge in [0.15, 0.2) is 0 Å². The van der Waals surface area contributed by atoms with E-state index in [0.717, 1.165) is 56.1 Å². The van der Waals surface area contributed by atoms with Crippen molar-refractivity contribution in [3.63, 3.8) is 0 Å². The van der Waals surface area contributed by atoms with Crippen LogP contribution in [0.3, 0.4) is 0 Å². The second-order valence-electron chi connectivity index (χ2n) is 26.0. The second-order valence-corrected chi connectivity index (χ2v) is 26.0. The van der Waals surface area contributed by atoms with Crippen molar-refractivity contribution >= 4 is 45.2 Å². The van der Waals surface area contributed by atoms with Crippen LogP contribution >= 0.6 is 0 Å². The third-order valence-corrected chi connectivity index (χ3v) is 16.2. The molecule has 0 aromatic heterocycles. The zero-order valence-corrected chi connectivity index (χ0v) is 49.9. The monoisotopic (exact) mass is 1120 g/mol. The maximum atomic E-state index is 13.4. The highest BCUT2D eigenvalue weighted by molar-refractivity contribution is 6.48. The summed E-state index contributed by atoms with van der Waals surface area (Å²) in [6.07, 6.45) is 12.0. The molecule has 21 heteroatoms. The van der Waals surface area contributed by atoms with Gasteiger partial charge in [-0.2, -0.15) is 10.5 Å². The molecule has 2 aromatic carbocycles. The van der Waals surface area contributed by atoms with Crippen LogP contribution in [0, 0.1) is 56.7 Å². The minimum absolute atomic E-state index is 0.0275. The minimum atomic E-state index is -1.71. The SMILES string of the molecule is CC(C)(C)C=C(C#N)C(=O)N1CCCC[C@H]1CNC(=O)N[C@@H](Cc1ccccc1)B(O)O.CC(C)(C)C=C(C#N)C(=O)N1CCCC[C@H]1CNC(=O)N[C@@H](Cc1ccccc1)B1O[C@@H]2C[C@@H]3C[C@@H](C3(C)C)[C@]2(C)O1.CC(C)CB(O)O. The summed E-state index contributed by atoms with van der Waals surface area (Å²) < 4.78 is 13.3. The number of nitrogens with one attached hydrogen (secondary N) is 4. The molecule has 0 unspecified atom stereocenters. The third-order valence-electron chi connectivity index (χ3n) is 16.2. The van der Waals surface area contributed by atoms with Gasteiger partial charge >= 0.3 is 33.4 Å². The first kappa shape index (κ1) is 66.1. The van der Waals surface area contributed by atoms with E-state index in [1.54, 1.807) is 22.0 Å². The van der Waals surface area contributed by atoms with Crippen LogP contribution in [0.1, 0.15) is 139 Å². The number of urea groups is 2. The summed E-state index contributed by atoms with van der Waals surface area (Å²) in [5.74, 6) is -0.369. The van der Waals surface area contributed by atoms with Gasteiger partial charge in [-0.05, 0) is 123 Å². The van der Waals surface area contributed by atoms with Gasteiger partial charge in [0.25, 0.3) is 11.8 Å². The molecule has 0 spiro atoms. The van der Waals surface area contributed by atoms with Gasteiger partial charge in [-0.15, -0.1) is 0 Å². The zero-order valence-electron chi connectivity index (χ0n) is 49.9. The molecule has 3 aliphatic carbocycles. The number of hydrogen-bond donors (Lipinski definition) is 8. The summed E-state index contributed by atoms with van der Waals surface area (Å²) in [5.41, 5.74) is 1.52. The molecular weight excluding hydrogens is 1030 g/mol. The van der Waals surface area contributed by atoms with Crippen LogP contribution in [-0.2, 0) is 31.7 Å². The summed E-state index contributed by atoms with van der Waals surface area (Å²) in [6, 6.07) is 22.2. The average Bonchev–Trinajstić information content (AvgIpc) is 4.04. The lowest BCUT2D eigenvalue weighted by molar-refractivity contribution is -0.199. The normalized spacial score (nSPS) is 23.9. The van der Waals surface area contributed by atoms with Gasteiger partial charge in [0.2, 0.25) is 0 Å². The van der Waals surface area contributed by atoms with Gasteiger partial charge in [-0.25, -0.2) is 9.59 Å². The minimum Gasteiger partial charge on any atom is -0.427 e. The first-order chi connectivity index (χ1) is 38.0. The molecule has 81 heavy (non-hydrogen) atoms. The maximum absolute atomic E-state index is 13.4. The predicted octanol–water partition coefficient (Wildman–Crippen LogP) is 6.94. The van der Waals surface area contributed by atoms with Crippen molar-refractivity contribution in [3.8, 4) is 12.1 Å². The molecule has 3 aliphatic heterocycles. The first-order valence-electron chi connectivity index (χ1n) is 29.1. The molecule has 440 valence electrons. The predicted molar refractivity (Wildman–Crippen MR) is 316 cm³/mol. The standard InChI is InChI=1S/C33H47BN4O4.C23H33BN4O4.C4H11BO2/c1-31(2,3)19-23(20-35)29(39)38-15-11-10-14-25(38)21-36-30(40)37-28(16-22-12-8-7-9-13-22)34-41-27-18-24-17-26(32(24,4)5)33(27,6)42-34;1-23(2,3)14-18(15-25)21(29)28-12-8-7-11-19(28)16-26-22(30)27-20(24(31)32)13-17-9-5-4-6-10-17;1-4(2)3-5(6)7/h7-9,12-13,19,24-28H,10-11,14-18,21H2,1-6H3,(H2,36,37,40);4-6,9-10,14,19-20,31-32H,7-8,11-13,16H2,1-3H3,(H2,26,27,30);4,6-7H,3H2,1-2H3/t24-,25-,26-,27+,28-,33-;19-,20-;/m00./s1. The van der Waals surface area contributed by atoms with Crippen molar-refractivity contribution in [2.45, 2.75) is 182 Å². The number of carbonyl (C=O) groups excluding carboxylic acids is 4. The van der Waals surface area contributed by atoms with Crippen molar-refractivity contribution in [1.82, 2.24) is 31.1 Å². The number of piperidine rings is 2. The molecule has 8 N–H and O–H groups in total. The molecule has 8 rings (SSSR count). The molecule has 6 fully saturated rings. The van der Waals surface area contributed by atoms with E-state index < -0.39 is 33.3 Å². The van der Waals surface area contributed by atoms with Crippen molar-refractivity contribution < 1.29 is 48.6 Å². The van der Waals surface area contributed by atoms with E-state index in [2.05, 4.69) is 60.2 Å². The smallest absolute Gasteiger partial charge is 0.427 e. The Morgan fingerprint density at radius 3 is 1.60 bits per heavy atom. The highest BCUT2D eigenvalue weighted by Gasteiger charge is 2.68. The number of likely N-dealkylation sites (tertiary alicyclic amines) is 2. The highest BCUT2D eigenvalue weighted by atomic mass is 16.7. The van der Waals surface area contributed by atoms with Crippen molar-refractivity contribution in [2.75, 3.05) is 26.2 Å². The maximum Gasteiger partial charge on any atom is 0.482 e.